The van der Waals surface area contributed by atoms with Gasteiger partial charge in [0.05, 0.1) is 19.3 Å². The number of ether oxygens (including phenoxy) is 3. The summed E-state index contributed by atoms with van der Waals surface area (Å²) in [5.74, 6) is 0.830. The summed E-state index contributed by atoms with van der Waals surface area (Å²) in [6.07, 6.45) is -0.282. The zero-order valence-electron chi connectivity index (χ0n) is 16.5. The molecule has 0 saturated carbocycles. The van der Waals surface area contributed by atoms with Crippen LogP contribution < -0.4 is 10.5 Å². The van der Waals surface area contributed by atoms with Gasteiger partial charge >= 0.3 is 0 Å². The number of hydrogen-bond acceptors (Lipinski definition) is 4. The second kappa shape index (κ2) is 8.67. The molecule has 0 aliphatic carbocycles. The Morgan fingerprint density at radius 3 is 2.04 bits per heavy atom. The molecule has 0 aliphatic heterocycles. The first-order valence-electron chi connectivity index (χ1n) is 8.97. The first-order valence-corrected chi connectivity index (χ1v) is 8.97. The lowest BCUT2D eigenvalue weighted by molar-refractivity contribution is -0.189. The molecule has 142 valence electrons. The maximum Gasteiger partial charge on any atom is 0.118 e. The molecule has 2 rings (SSSR count). The minimum Gasteiger partial charge on any atom is -0.497 e. The van der Waals surface area contributed by atoms with Gasteiger partial charge in [0, 0.05) is 6.54 Å². The summed E-state index contributed by atoms with van der Waals surface area (Å²) in [5, 5.41) is 0. The average Bonchev–Trinajstić information content (AvgIpc) is 2.62. The Morgan fingerprint density at radius 2 is 1.54 bits per heavy atom. The van der Waals surface area contributed by atoms with Crippen molar-refractivity contribution in [3.63, 3.8) is 0 Å². The maximum absolute atomic E-state index is 6.35. The Kier molecular flexibility index (Phi) is 6.81. The fraction of sp³-hybridized carbons (Fsp3) is 0.455. The van der Waals surface area contributed by atoms with Crippen LogP contribution in [0.2, 0.25) is 0 Å². The summed E-state index contributed by atoms with van der Waals surface area (Å²) in [6, 6.07) is 18.0. The fourth-order valence-electron chi connectivity index (χ4n) is 3.06. The zero-order valence-corrected chi connectivity index (χ0v) is 16.5. The number of nitrogens with two attached hydrogens (primary N) is 1. The predicted octanol–water partition coefficient (Wildman–Crippen LogP) is 4.49. The topological polar surface area (TPSA) is 53.7 Å². The minimum atomic E-state index is -0.647. The van der Waals surface area contributed by atoms with E-state index in [9.17, 15) is 0 Å². The van der Waals surface area contributed by atoms with Crippen molar-refractivity contribution in [3.05, 3.63) is 65.7 Å². The third-order valence-electron chi connectivity index (χ3n) is 4.18. The molecule has 4 heteroatoms. The van der Waals surface area contributed by atoms with Crippen LogP contribution in [0.1, 0.15) is 44.9 Å². The molecule has 0 radical (unpaired) electrons. The highest BCUT2D eigenvalue weighted by Crippen LogP contribution is 2.36. The van der Waals surface area contributed by atoms with E-state index in [1.54, 1.807) is 7.11 Å². The van der Waals surface area contributed by atoms with Crippen LogP contribution in [0.15, 0.2) is 54.6 Å². The van der Waals surface area contributed by atoms with E-state index < -0.39 is 5.60 Å². The number of methoxy groups -OCH3 is 1. The summed E-state index contributed by atoms with van der Waals surface area (Å²) < 4.78 is 17.9. The smallest absolute Gasteiger partial charge is 0.118 e. The second-order valence-corrected chi connectivity index (χ2v) is 7.68. The van der Waals surface area contributed by atoms with E-state index in [0.29, 0.717) is 13.2 Å². The van der Waals surface area contributed by atoms with E-state index in [1.165, 1.54) is 0 Å². The predicted molar refractivity (Wildman–Crippen MR) is 105 cm³/mol. The maximum atomic E-state index is 6.35. The fourth-order valence-corrected chi connectivity index (χ4v) is 3.06. The molecule has 0 bridgehead atoms. The third-order valence-corrected chi connectivity index (χ3v) is 4.18. The SMILES string of the molecule is COc1ccc(CO[C@H](c2ccccc2)[C@](C)(CN)OC(C)(C)C)cc1. The first-order chi connectivity index (χ1) is 12.3. The van der Waals surface area contributed by atoms with Gasteiger partial charge < -0.3 is 19.9 Å². The van der Waals surface area contributed by atoms with Crippen LogP contribution in [0.4, 0.5) is 0 Å². The normalized spacial score (nSPS) is 15.3. The lowest BCUT2D eigenvalue weighted by Crippen LogP contribution is -2.48. The number of benzene rings is 2. The molecule has 0 heterocycles. The average molecular weight is 357 g/mol. The molecule has 0 amide bonds. The van der Waals surface area contributed by atoms with E-state index in [0.717, 1.165) is 16.9 Å². The molecule has 26 heavy (non-hydrogen) atoms. The highest BCUT2D eigenvalue weighted by molar-refractivity contribution is 5.27. The van der Waals surface area contributed by atoms with Crippen LogP contribution in [-0.4, -0.2) is 24.9 Å². The van der Waals surface area contributed by atoms with Gasteiger partial charge in [-0.2, -0.15) is 0 Å². The molecule has 0 aromatic heterocycles. The molecular weight excluding hydrogens is 326 g/mol. The van der Waals surface area contributed by atoms with Crippen LogP contribution in [0, 0.1) is 0 Å². The standard InChI is InChI=1S/C22H31NO3/c1-21(2,3)26-22(4,16-23)20(18-9-7-6-8-10-18)25-15-17-11-13-19(24-5)14-12-17/h6-14,20H,15-16,23H2,1-5H3/t20-,22+/m1/s1. The minimum absolute atomic E-state index is 0.282. The monoisotopic (exact) mass is 357 g/mol. The van der Waals surface area contributed by atoms with Crippen molar-refractivity contribution in [2.45, 2.75) is 51.6 Å². The van der Waals surface area contributed by atoms with Crippen molar-refractivity contribution in [1.82, 2.24) is 0 Å². The molecule has 0 spiro atoms. The van der Waals surface area contributed by atoms with E-state index in [-0.39, 0.29) is 11.7 Å². The second-order valence-electron chi connectivity index (χ2n) is 7.68. The highest BCUT2D eigenvalue weighted by atomic mass is 16.6. The van der Waals surface area contributed by atoms with Gasteiger partial charge in [-0.15, -0.1) is 0 Å². The quantitative estimate of drug-likeness (QED) is 0.756. The molecule has 2 aromatic carbocycles. The Hall–Kier alpha value is -1.88. The molecule has 2 atom stereocenters. The molecule has 2 N–H and O–H groups in total. The Labute approximate surface area is 157 Å². The van der Waals surface area contributed by atoms with E-state index in [4.69, 9.17) is 19.9 Å². The molecule has 0 unspecified atom stereocenters. The number of rotatable bonds is 8. The highest BCUT2D eigenvalue weighted by Gasteiger charge is 2.39. The third kappa shape index (κ3) is 5.56. The van der Waals surface area contributed by atoms with Gasteiger partial charge in [0.25, 0.3) is 0 Å². The van der Waals surface area contributed by atoms with Gasteiger partial charge in [0.15, 0.2) is 0 Å². The van der Waals surface area contributed by atoms with Crippen LogP contribution in [-0.2, 0) is 16.1 Å². The van der Waals surface area contributed by atoms with Crippen LogP contribution in [0.3, 0.4) is 0 Å². The molecular formula is C22H31NO3. The van der Waals surface area contributed by atoms with Gasteiger partial charge in [-0.3, -0.25) is 0 Å². The molecule has 0 saturated heterocycles. The Morgan fingerprint density at radius 1 is 0.923 bits per heavy atom. The van der Waals surface area contributed by atoms with Gasteiger partial charge in [-0.05, 0) is 51.0 Å². The van der Waals surface area contributed by atoms with Gasteiger partial charge in [-0.1, -0.05) is 42.5 Å². The van der Waals surface area contributed by atoms with Crippen LogP contribution in [0.5, 0.6) is 5.75 Å². The van der Waals surface area contributed by atoms with Crippen molar-refractivity contribution in [2.75, 3.05) is 13.7 Å². The van der Waals surface area contributed by atoms with E-state index >= 15 is 0 Å². The van der Waals surface area contributed by atoms with E-state index in [2.05, 4.69) is 12.1 Å². The van der Waals surface area contributed by atoms with Crippen molar-refractivity contribution in [3.8, 4) is 5.75 Å². The van der Waals surface area contributed by atoms with Gasteiger partial charge in [-0.25, -0.2) is 0 Å². The Bertz CT molecular complexity index is 664. The van der Waals surface area contributed by atoms with Crippen molar-refractivity contribution in [1.29, 1.82) is 0 Å². The largest absolute Gasteiger partial charge is 0.497 e. The van der Waals surface area contributed by atoms with Crippen molar-refractivity contribution in [2.24, 2.45) is 5.73 Å². The zero-order chi connectivity index (χ0) is 19.2. The summed E-state index contributed by atoms with van der Waals surface area (Å²) >= 11 is 0. The summed E-state index contributed by atoms with van der Waals surface area (Å²) in [4.78, 5) is 0. The molecule has 2 aromatic rings. The van der Waals surface area contributed by atoms with Gasteiger partial charge in [0.2, 0.25) is 0 Å². The van der Waals surface area contributed by atoms with E-state index in [1.807, 2.05) is 70.2 Å². The number of hydrogen-bond donors (Lipinski definition) is 1. The molecule has 0 aliphatic rings. The van der Waals surface area contributed by atoms with Crippen molar-refractivity contribution < 1.29 is 14.2 Å². The lowest BCUT2D eigenvalue weighted by atomic mass is 9.91. The Balaban J connectivity index is 2.25. The van der Waals surface area contributed by atoms with Crippen LogP contribution in [0.25, 0.3) is 0 Å². The first kappa shape index (κ1) is 20.4. The van der Waals surface area contributed by atoms with Gasteiger partial charge in [0.1, 0.15) is 17.5 Å². The summed E-state index contributed by atoms with van der Waals surface area (Å²) in [7, 11) is 1.66. The van der Waals surface area contributed by atoms with Crippen LogP contribution >= 0.6 is 0 Å². The molecule has 4 nitrogen and oxygen atoms in total. The summed E-state index contributed by atoms with van der Waals surface area (Å²) in [5.41, 5.74) is 7.29. The van der Waals surface area contributed by atoms with Crippen molar-refractivity contribution >= 4 is 0 Å². The lowest BCUT2D eigenvalue weighted by Gasteiger charge is -2.41. The molecule has 0 fully saturated rings. The summed E-state index contributed by atoms with van der Waals surface area (Å²) in [6.45, 7) is 8.94.